The molecule has 35 heavy (non-hydrogen) atoms. The molecule has 4 bridgehead atoms. The fourth-order valence-corrected chi connectivity index (χ4v) is 8.43. The van der Waals surface area contributed by atoms with Crippen LogP contribution in [0.25, 0.3) is 0 Å². The Morgan fingerprint density at radius 2 is 1.74 bits per heavy atom. The zero-order valence-corrected chi connectivity index (χ0v) is 20.3. The van der Waals surface area contributed by atoms with Crippen LogP contribution in [0.3, 0.4) is 0 Å². The van der Waals surface area contributed by atoms with Crippen LogP contribution in [0, 0.1) is 22.7 Å². The van der Waals surface area contributed by atoms with Gasteiger partial charge in [0.15, 0.2) is 5.60 Å². The Balaban J connectivity index is 1.53. The lowest BCUT2D eigenvalue weighted by atomic mass is 9.51. The van der Waals surface area contributed by atoms with Gasteiger partial charge in [0.25, 0.3) is 0 Å². The summed E-state index contributed by atoms with van der Waals surface area (Å²) in [4.78, 5) is 40.4. The van der Waals surface area contributed by atoms with Crippen LogP contribution in [-0.4, -0.2) is 40.5 Å². The summed E-state index contributed by atoms with van der Waals surface area (Å²) in [6.45, 7) is 9.16. The highest BCUT2D eigenvalue weighted by atomic mass is 16.8. The predicted octanol–water partition coefficient (Wildman–Crippen LogP) is 3.34. The first-order valence-electron chi connectivity index (χ1n) is 12.2. The molecule has 6 fully saturated rings. The number of fused-ring (bicyclic) bond motifs is 2. The van der Waals surface area contributed by atoms with Crippen molar-refractivity contribution in [3.8, 4) is 0 Å². The van der Waals surface area contributed by atoms with E-state index in [0.29, 0.717) is 24.2 Å². The van der Waals surface area contributed by atoms with Gasteiger partial charge in [0.1, 0.15) is 22.9 Å². The molecule has 0 aromatic carbocycles. The predicted molar refractivity (Wildman–Crippen MR) is 115 cm³/mol. The summed E-state index contributed by atoms with van der Waals surface area (Å²) in [7, 11) is 0. The van der Waals surface area contributed by atoms with Crippen LogP contribution in [-0.2, 0) is 38.1 Å². The van der Waals surface area contributed by atoms with Crippen LogP contribution >= 0.6 is 0 Å². The highest BCUT2D eigenvalue weighted by molar-refractivity contribution is 5.92. The van der Waals surface area contributed by atoms with Gasteiger partial charge in [-0.25, -0.2) is 9.59 Å². The lowest BCUT2D eigenvalue weighted by Crippen LogP contribution is -2.77. The molecule has 6 aliphatic heterocycles. The summed E-state index contributed by atoms with van der Waals surface area (Å²) >= 11 is 0. The van der Waals surface area contributed by atoms with Gasteiger partial charge in [-0.1, -0.05) is 6.92 Å². The van der Waals surface area contributed by atoms with Gasteiger partial charge in [0.05, 0.1) is 29.9 Å². The fourth-order valence-electron chi connectivity index (χ4n) is 8.43. The van der Waals surface area contributed by atoms with Crippen molar-refractivity contribution in [2.75, 3.05) is 0 Å². The first-order valence-corrected chi connectivity index (χ1v) is 12.2. The van der Waals surface area contributed by atoms with E-state index in [-0.39, 0.29) is 18.3 Å². The average molecular weight is 485 g/mol. The fraction of sp³-hybridized carbons (Fsp3) is 0.654. The summed E-state index contributed by atoms with van der Waals surface area (Å²) in [6, 6.07) is 1.78. The molecule has 1 aromatic heterocycles. The standard InChI is InChI=1S/C26H28O9/c1-21(2)14-11-25(32-15(14)10-17(27)33-21)23(4)16-6-8-22(3)18(13-7-9-30-12-13)31-20(29)26(22,25)35-24(16,5)34-19(23)28/h7,9-10,12,14,16,18H,6,8,11H2,1-5H3/t14-,16+,18+,22+,23-,24-,25-,26-/m0/s1. The van der Waals surface area contributed by atoms with E-state index < -0.39 is 57.4 Å². The Morgan fingerprint density at radius 1 is 0.971 bits per heavy atom. The highest BCUT2D eigenvalue weighted by Crippen LogP contribution is 2.78. The summed E-state index contributed by atoms with van der Waals surface area (Å²) in [5.74, 6) is -3.23. The molecular weight excluding hydrogens is 456 g/mol. The number of cyclic esters (lactones) is 2. The number of ether oxygens (including phenoxy) is 5. The molecule has 0 radical (unpaired) electrons. The van der Waals surface area contributed by atoms with Crippen molar-refractivity contribution in [1.82, 2.24) is 0 Å². The summed E-state index contributed by atoms with van der Waals surface area (Å²) < 4.78 is 36.6. The number of rotatable bonds is 1. The largest absolute Gasteiger partial charge is 0.486 e. The van der Waals surface area contributed by atoms with E-state index in [1.54, 1.807) is 19.3 Å². The Hall–Kier alpha value is -2.81. The third kappa shape index (κ3) is 2.00. The molecule has 0 unspecified atom stereocenters. The van der Waals surface area contributed by atoms with E-state index in [2.05, 4.69) is 0 Å². The SMILES string of the molecule is CC1(C)OC(=O)C=C2O[C@]3(C[C@@H]21)[C@@]12O[C@]4(C)OC(=O)[C@]3(C)[C@H]4CC[C@]1(C)[C@@H](c1ccoc1)OC2=O. The molecular formula is C26H28O9. The number of carbonyl (C=O) groups is 3. The van der Waals surface area contributed by atoms with Gasteiger partial charge in [0, 0.05) is 24.8 Å². The van der Waals surface area contributed by atoms with Crippen molar-refractivity contribution >= 4 is 17.9 Å². The molecule has 1 aromatic rings. The first kappa shape index (κ1) is 21.5. The molecule has 7 aliphatic rings. The Bertz CT molecular complexity index is 1230. The minimum atomic E-state index is -1.68. The van der Waals surface area contributed by atoms with Gasteiger partial charge in [-0.3, -0.25) is 4.79 Å². The molecule has 5 saturated heterocycles. The summed E-state index contributed by atoms with van der Waals surface area (Å²) in [5, 5.41) is 0. The molecule has 0 amide bonds. The molecule has 1 saturated carbocycles. The van der Waals surface area contributed by atoms with E-state index in [0.717, 1.165) is 0 Å². The van der Waals surface area contributed by atoms with Crippen LogP contribution in [0.4, 0.5) is 0 Å². The number of hydrogen-bond donors (Lipinski definition) is 0. The van der Waals surface area contributed by atoms with Gasteiger partial charge in [0.2, 0.25) is 11.4 Å². The van der Waals surface area contributed by atoms with Crippen molar-refractivity contribution in [3.63, 3.8) is 0 Å². The topological polar surface area (TPSA) is 110 Å². The third-order valence-corrected chi connectivity index (χ3v) is 10.1. The molecule has 2 spiro atoms. The summed E-state index contributed by atoms with van der Waals surface area (Å²) in [5.41, 5.74) is -5.48. The van der Waals surface area contributed by atoms with Gasteiger partial charge in [-0.05, 0) is 39.7 Å². The molecule has 0 N–H and O–H groups in total. The zero-order chi connectivity index (χ0) is 24.8. The molecule has 9 heteroatoms. The van der Waals surface area contributed by atoms with E-state index in [1.807, 2.05) is 27.7 Å². The summed E-state index contributed by atoms with van der Waals surface area (Å²) in [6.07, 6.45) is 5.10. The number of furan rings is 1. The van der Waals surface area contributed by atoms with E-state index in [9.17, 15) is 14.4 Å². The second-order valence-corrected chi connectivity index (χ2v) is 12.0. The quantitative estimate of drug-likeness (QED) is 0.438. The number of carbonyl (C=O) groups excluding carboxylic acids is 3. The third-order valence-electron chi connectivity index (χ3n) is 10.1. The van der Waals surface area contributed by atoms with E-state index in [4.69, 9.17) is 28.1 Å². The maximum absolute atomic E-state index is 14.2. The molecule has 8 rings (SSSR count). The van der Waals surface area contributed by atoms with Crippen LogP contribution in [0.1, 0.15) is 65.5 Å². The maximum Gasteiger partial charge on any atom is 0.344 e. The van der Waals surface area contributed by atoms with Crippen LogP contribution < -0.4 is 0 Å². The maximum atomic E-state index is 14.2. The van der Waals surface area contributed by atoms with Crippen molar-refractivity contribution in [2.45, 2.75) is 82.6 Å². The monoisotopic (exact) mass is 484 g/mol. The first-order chi connectivity index (χ1) is 16.3. The molecule has 7 heterocycles. The number of esters is 3. The average Bonchev–Trinajstić information content (AvgIpc) is 3.46. The van der Waals surface area contributed by atoms with E-state index in [1.165, 1.54) is 12.3 Å². The van der Waals surface area contributed by atoms with Gasteiger partial charge in [-0.2, -0.15) is 0 Å². The second kappa shape index (κ2) is 5.77. The molecule has 8 atom stereocenters. The number of hydrogen-bond acceptors (Lipinski definition) is 9. The van der Waals surface area contributed by atoms with Gasteiger partial charge < -0.3 is 28.1 Å². The smallest absolute Gasteiger partial charge is 0.344 e. The van der Waals surface area contributed by atoms with Crippen LogP contribution in [0.5, 0.6) is 0 Å². The van der Waals surface area contributed by atoms with Crippen molar-refractivity contribution in [1.29, 1.82) is 0 Å². The second-order valence-electron chi connectivity index (χ2n) is 12.0. The van der Waals surface area contributed by atoms with Crippen molar-refractivity contribution < 1.29 is 42.5 Å². The minimum absolute atomic E-state index is 0.236. The normalized spacial score (nSPS) is 50.6. The molecule has 186 valence electrons. The molecule has 1 aliphatic carbocycles. The lowest BCUT2D eigenvalue weighted by molar-refractivity contribution is -0.349. The molecule has 9 nitrogen and oxygen atoms in total. The van der Waals surface area contributed by atoms with Gasteiger partial charge in [-0.15, -0.1) is 0 Å². The van der Waals surface area contributed by atoms with Crippen molar-refractivity contribution in [2.24, 2.45) is 22.7 Å². The minimum Gasteiger partial charge on any atom is -0.486 e. The van der Waals surface area contributed by atoms with Crippen molar-refractivity contribution in [3.05, 3.63) is 36.0 Å². The highest BCUT2D eigenvalue weighted by Gasteiger charge is 2.93. The van der Waals surface area contributed by atoms with E-state index >= 15 is 0 Å². The Morgan fingerprint density at radius 3 is 2.46 bits per heavy atom. The van der Waals surface area contributed by atoms with Crippen LogP contribution in [0.15, 0.2) is 34.8 Å². The Labute approximate surface area is 202 Å². The van der Waals surface area contributed by atoms with Gasteiger partial charge >= 0.3 is 17.9 Å². The lowest BCUT2D eigenvalue weighted by Gasteiger charge is -2.58. The Kier molecular flexibility index (Phi) is 3.54. The van der Waals surface area contributed by atoms with Crippen LogP contribution in [0.2, 0.25) is 0 Å². The zero-order valence-electron chi connectivity index (χ0n) is 20.3.